The topological polar surface area (TPSA) is 26.0 Å². The van der Waals surface area contributed by atoms with Crippen LogP contribution >= 0.6 is 11.3 Å². The number of pyridine rings is 1. The summed E-state index contributed by atoms with van der Waals surface area (Å²) in [5.41, 5.74) is 4.94. The summed E-state index contributed by atoms with van der Waals surface area (Å²) in [5, 5.41) is 5.61. The number of nitrogens with zero attached hydrogens (tertiary/aromatic N) is 1. The molecule has 5 aromatic rings. The number of furan rings is 1. The lowest BCUT2D eigenvalue weighted by molar-refractivity contribution is 0.653. The summed E-state index contributed by atoms with van der Waals surface area (Å²) in [5.74, 6) is 0. The highest BCUT2D eigenvalue weighted by atomic mass is 32.1. The van der Waals surface area contributed by atoms with Crippen LogP contribution in [-0.4, -0.2) is 4.98 Å². The number of benzene rings is 2. The summed E-state index contributed by atoms with van der Waals surface area (Å²) < 4.78 is 7.43. The molecule has 0 fully saturated rings. The maximum absolute atomic E-state index is 6.14. The van der Waals surface area contributed by atoms with E-state index < -0.39 is 0 Å². The SMILES string of the molecule is Cc1ccc2c(n1)oc1c(-c3cccc4sccc34)cccc12. The summed E-state index contributed by atoms with van der Waals surface area (Å²) >= 11 is 1.77. The van der Waals surface area contributed by atoms with Gasteiger partial charge in [0.15, 0.2) is 0 Å². The van der Waals surface area contributed by atoms with Crippen molar-refractivity contribution >= 4 is 43.5 Å². The van der Waals surface area contributed by atoms with E-state index in [1.807, 2.05) is 13.0 Å². The molecule has 0 saturated carbocycles. The minimum atomic E-state index is 0.713. The van der Waals surface area contributed by atoms with E-state index in [0.717, 1.165) is 27.6 Å². The van der Waals surface area contributed by atoms with Crippen molar-refractivity contribution in [1.29, 1.82) is 0 Å². The van der Waals surface area contributed by atoms with Crippen LogP contribution in [0.1, 0.15) is 5.69 Å². The molecule has 0 bridgehead atoms. The standard InChI is InChI=1S/C20H13NOS/c1-12-8-9-17-16-6-2-5-15(19(16)22-20(17)21-12)13-4-3-7-18-14(13)10-11-23-18/h2-11H,1H3. The lowest BCUT2D eigenvalue weighted by Gasteiger charge is -2.04. The van der Waals surface area contributed by atoms with Crippen LogP contribution < -0.4 is 0 Å². The lowest BCUT2D eigenvalue weighted by Crippen LogP contribution is -1.79. The van der Waals surface area contributed by atoms with E-state index in [1.165, 1.54) is 15.6 Å². The van der Waals surface area contributed by atoms with Crippen molar-refractivity contribution in [1.82, 2.24) is 4.98 Å². The quantitative estimate of drug-likeness (QED) is 0.369. The molecule has 3 heteroatoms. The molecular formula is C20H13NOS. The first-order valence-corrected chi connectivity index (χ1v) is 8.45. The Labute approximate surface area is 137 Å². The van der Waals surface area contributed by atoms with Gasteiger partial charge in [0.1, 0.15) is 5.58 Å². The Balaban J connectivity index is 1.92. The monoisotopic (exact) mass is 315 g/mol. The Hall–Kier alpha value is -2.65. The normalized spacial score (nSPS) is 11.7. The van der Waals surface area contributed by atoms with E-state index in [1.54, 1.807) is 11.3 Å². The molecule has 0 amide bonds. The van der Waals surface area contributed by atoms with Gasteiger partial charge in [-0.15, -0.1) is 11.3 Å². The molecule has 0 aliphatic rings. The third kappa shape index (κ3) is 1.83. The second-order valence-electron chi connectivity index (χ2n) is 5.73. The molecule has 3 heterocycles. The second kappa shape index (κ2) is 4.67. The first-order valence-electron chi connectivity index (χ1n) is 7.57. The van der Waals surface area contributed by atoms with Gasteiger partial charge in [0.25, 0.3) is 0 Å². The summed E-state index contributed by atoms with van der Waals surface area (Å²) in [6.07, 6.45) is 0. The number of rotatable bonds is 1. The van der Waals surface area contributed by atoms with Gasteiger partial charge in [-0.2, -0.15) is 0 Å². The maximum atomic E-state index is 6.14. The molecule has 0 aliphatic heterocycles. The van der Waals surface area contributed by atoms with E-state index in [4.69, 9.17) is 4.42 Å². The van der Waals surface area contributed by atoms with E-state index >= 15 is 0 Å². The molecule has 23 heavy (non-hydrogen) atoms. The van der Waals surface area contributed by atoms with Crippen LogP contribution in [0.5, 0.6) is 0 Å². The van der Waals surface area contributed by atoms with Gasteiger partial charge >= 0.3 is 0 Å². The molecule has 2 nitrogen and oxygen atoms in total. The Bertz CT molecular complexity index is 1180. The van der Waals surface area contributed by atoms with E-state index in [2.05, 4.69) is 58.9 Å². The molecular weight excluding hydrogens is 302 g/mol. The Morgan fingerprint density at radius 2 is 1.70 bits per heavy atom. The average molecular weight is 315 g/mol. The highest BCUT2D eigenvalue weighted by molar-refractivity contribution is 7.17. The molecule has 0 aliphatic carbocycles. The second-order valence-corrected chi connectivity index (χ2v) is 6.68. The highest BCUT2D eigenvalue weighted by Crippen LogP contribution is 2.38. The number of hydrogen-bond donors (Lipinski definition) is 0. The largest absolute Gasteiger partial charge is 0.437 e. The first-order chi connectivity index (χ1) is 11.3. The summed E-state index contributed by atoms with van der Waals surface area (Å²) in [7, 11) is 0. The summed E-state index contributed by atoms with van der Waals surface area (Å²) in [6.45, 7) is 1.99. The van der Waals surface area contributed by atoms with Gasteiger partial charge < -0.3 is 4.42 Å². The van der Waals surface area contributed by atoms with Crippen LogP contribution in [0.4, 0.5) is 0 Å². The zero-order valence-corrected chi connectivity index (χ0v) is 13.4. The molecule has 2 aromatic carbocycles. The number of aromatic nitrogens is 1. The third-order valence-corrected chi connectivity index (χ3v) is 5.17. The summed E-state index contributed by atoms with van der Waals surface area (Å²) in [6, 6.07) is 19.1. The molecule has 0 unspecified atom stereocenters. The van der Waals surface area contributed by atoms with E-state index in [9.17, 15) is 0 Å². The lowest BCUT2D eigenvalue weighted by atomic mass is 10.00. The van der Waals surface area contributed by atoms with Gasteiger partial charge in [0, 0.05) is 32.1 Å². The number of thiophene rings is 1. The van der Waals surface area contributed by atoms with Crippen LogP contribution in [0, 0.1) is 6.92 Å². The zero-order chi connectivity index (χ0) is 15.4. The van der Waals surface area contributed by atoms with Gasteiger partial charge in [-0.05, 0) is 42.1 Å². The average Bonchev–Trinajstić information content (AvgIpc) is 3.17. The third-order valence-electron chi connectivity index (χ3n) is 4.29. The Kier molecular flexibility index (Phi) is 2.61. The first kappa shape index (κ1) is 12.9. The fourth-order valence-corrected chi connectivity index (χ4v) is 4.03. The number of para-hydroxylation sites is 1. The smallest absolute Gasteiger partial charge is 0.227 e. The molecule has 5 rings (SSSR count). The van der Waals surface area contributed by atoms with Gasteiger partial charge in [-0.1, -0.05) is 30.3 Å². The molecule has 0 atom stereocenters. The van der Waals surface area contributed by atoms with Crippen molar-refractivity contribution < 1.29 is 4.42 Å². The number of fused-ring (bicyclic) bond motifs is 4. The minimum Gasteiger partial charge on any atom is -0.437 e. The van der Waals surface area contributed by atoms with Crippen LogP contribution in [0.2, 0.25) is 0 Å². The zero-order valence-electron chi connectivity index (χ0n) is 12.5. The Morgan fingerprint density at radius 1 is 0.826 bits per heavy atom. The van der Waals surface area contributed by atoms with Crippen LogP contribution in [-0.2, 0) is 0 Å². The van der Waals surface area contributed by atoms with Crippen molar-refractivity contribution in [3.05, 3.63) is 65.7 Å². The molecule has 3 aromatic heterocycles. The van der Waals surface area contributed by atoms with Gasteiger partial charge in [-0.25, -0.2) is 4.98 Å². The van der Waals surface area contributed by atoms with Crippen molar-refractivity contribution in [3.8, 4) is 11.1 Å². The van der Waals surface area contributed by atoms with Gasteiger partial charge in [-0.3, -0.25) is 0 Å². The predicted octanol–water partition coefficient (Wildman–Crippen LogP) is 6.17. The molecule has 0 saturated heterocycles. The van der Waals surface area contributed by atoms with Crippen molar-refractivity contribution in [3.63, 3.8) is 0 Å². The van der Waals surface area contributed by atoms with Crippen molar-refractivity contribution in [2.45, 2.75) is 6.92 Å². The molecule has 0 spiro atoms. The van der Waals surface area contributed by atoms with Crippen LogP contribution in [0.15, 0.2) is 64.4 Å². The predicted molar refractivity (Wildman–Crippen MR) is 97.1 cm³/mol. The van der Waals surface area contributed by atoms with Crippen molar-refractivity contribution in [2.24, 2.45) is 0 Å². The van der Waals surface area contributed by atoms with Gasteiger partial charge in [0.05, 0.1) is 0 Å². The summed E-state index contributed by atoms with van der Waals surface area (Å²) in [4.78, 5) is 4.54. The minimum absolute atomic E-state index is 0.713. The van der Waals surface area contributed by atoms with Crippen molar-refractivity contribution in [2.75, 3.05) is 0 Å². The maximum Gasteiger partial charge on any atom is 0.227 e. The van der Waals surface area contributed by atoms with E-state index in [0.29, 0.717) is 5.71 Å². The fourth-order valence-electron chi connectivity index (χ4n) is 3.21. The highest BCUT2D eigenvalue weighted by Gasteiger charge is 2.14. The molecule has 110 valence electrons. The van der Waals surface area contributed by atoms with Crippen LogP contribution in [0.25, 0.3) is 43.3 Å². The van der Waals surface area contributed by atoms with Gasteiger partial charge in [0.2, 0.25) is 5.71 Å². The molecule has 0 radical (unpaired) electrons. The number of hydrogen-bond acceptors (Lipinski definition) is 3. The Morgan fingerprint density at radius 3 is 2.65 bits per heavy atom. The van der Waals surface area contributed by atoms with Crippen LogP contribution in [0.3, 0.4) is 0 Å². The number of aryl methyl sites for hydroxylation is 1. The fraction of sp³-hybridized carbons (Fsp3) is 0.0500. The molecule has 0 N–H and O–H groups in total. The van der Waals surface area contributed by atoms with E-state index in [-0.39, 0.29) is 0 Å².